The molecule has 1 aromatic heterocycles. The Kier molecular flexibility index (Phi) is 7.18. The fourth-order valence-corrected chi connectivity index (χ4v) is 7.85. The van der Waals surface area contributed by atoms with Crippen LogP contribution in [-0.2, 0) is 0 Å². The molecule has 0 radical (unpaired) electrons. The van der Waals surface area contributed by atoms with Gasteiger partial charge in [-0.1, -0.05) is 176 Å². The third kappa shape index (κ3) is 4.96. The number of fused-ring (bicyclic) bond motifs is 6. The summed E-state index contributed by atoms with van der Waals surface area (Å²) in [6, 6.07) is 71.6. The molecule has 0 fully saturated rings. The first-order chi connectivity index (χ1) is 25.8. The lowest BCUT2D eigenvalue weighted by Crippen LogP contribution is -2.12. The minimum atomic E-state index is 0.884. The normalized spacial score (nSPS) is 11.5. The van der Waals surface area contributed by atoms with Gasteiger partial charge in [-0.15, -0.1) is 0 Å². The van der Waals surface area contributed by atoms with E-state index in [0.29, 0.717) is 0 Å². The molecule has 0 unspecified atom stereocenters. The molecule has 10 aromatic rings. The summed E-state index contributed by atoms with van der Waals surface area (Å²) in [5.41, 5.74) is 12.2. The molecule has 244 valence electrons. The Labute approximate surface area is 302 Å². The van der Waals surface area contributed by atoms with Gasteiger partial charge in [0, 0.05) is 32.5 Å². The van der Waals surface area contributed by atoms with Crippen LogP contribution in [0.1, 0.15) is 0 Å². The number of nitrogens with zero attached hydrogens (tertiary/aromatic N) is 1. The van der Waals surface area contributed by atoms with Gasteiger partial charge in [-0.25, -0.2) is 0 Å². The fraction of sp³-hybridized carbons (Fsp3) is 0. The van der Waals surface area contributed by atoms with Crippen molar-refractivity contribution in [2.45, 2.75) is 0 Å². The van der Waals surface area contributed by atoms with Crippen molar-refractivity contribution in [2.75, 3.05) is 4.90 Å². The summed E-state index contributed by atoms with van der Waals surface area (Å²) in [4.78, 5) is 2.47. The van der Waals surface area contributed by atoms with E-state index in [1.807, 2.05) is 0 Å². The molecular weight excluding hydrogens is 631 g/mol. The van der Waals surface area contributed by atoms with E-state index in [9.17, 15) is 0 Å². The molecule has 0 atom stereocenters. The molecule has 0 bridgehead atoms. The molecule has 0 saturated carbocycles. The lowest BCUT2D eigenvalue weighted by atomic mass is 9.95. The molecule has 0 amide bonds. The summed E-state index contributed by atoms with van der Waals surface area (Å²) in [6.07, 6.45) is 0. The Morgan fingerprint density at radius 3 is 1.67 bits per heavy atom. The van der Waals surface area contributed by atoms with Gasteiger partial charge in [0.2, 0.25) is 0 Å². The van der Waals surface area contributed by atoms with Crippen LogP contribution in [0.3, 0.4) is 0 Å². The Morgan fingerprint density at radius 1 is 0.327 bits per heavy atom. The maximum absolute atomic E-state index is 6.77. The predicted octanol–water partition coefficient (Wildman–Crippen LogP) is 14.4. The van der Waals surface area contributed by atoms with Crippen LogP contribution >= 0.6 is 0 Å². The molecule has 0 aliphatic rings. The van der Waals surface area contributed by atoms with Gasteiger partial charge >= 0.3 is 0 Å². The van der Waals surface area contributed by atoms with E-state index >= 15 is 0 Å². The minimum absolute atomic E-state index is 0.884. The average Bonchev–Trinajstić information content (AvgIpc) is 3.61. The second-order valence-electron chi connectivity index (χ2n) is 13.3. The Hall–Kier alpha value is -6.90. The summed E-state index contributed by atoms with van der Waals surface area (Å²) in [5.74, 6) is 0. The van der Waals surface area contributed by atoms with Crippen LogP contribution in [0.25, 0.3) is 76.9 Å². The SMILES string of the molecule is c1ccc(-c2ccc(-c3ccccc3N(c3cccc4ccccc34)c3cc4c(oc5cccc(-c6ccccc6)c54)c4ccccc34)cc2)cc1. The highest BCUT2D eigenvalue weighted by Crippen LogP contribution is 2.49. The molecular formula is C50H33NO. The third-order valence-electron chi connectivity index (χ3n) is 10.3. The summed E-state index contributed by atoms with van der Waals surface area (Å²) < 4.78 is 6.77. The molecule has 2 heteroatoms. The monoisotopic (exact) mass is 663 g/mol. The van der Waals surface area contributed by atoms with Crippen LogP contribution in [0.5, 0.6) is 0 Å². The van der Waals surface area contributed by atoms with Crippen molar-refractivity contribution < 1.29 is 4.42 Å². The van der Waals surface area contributed by atoms with E-state index in [-0.39, 0.29) is 0 Å². The van der Waals surface area contributed by atoms with Gasteiger partial charge in [0.05, 0.1) is 17.1 Å². The van der Waals surface area contributed by atoms with Crippen molar-refractivity contribution in [2.24, 2.45) is 0 Å². The van der Waals surface area contributed by atoms with Crippen LogP contribution in [-0.4, -0.2) is 0 Å². The lowest BCUT2D eigenvalue weighted by molar-refractivity contribution is 0.673. The number of rotatable bonds is 6. The molecule has 10 rings (SSSR count). The summed E-state index contributed by atoms with van der Waals surface area (Å²) in [6.45, 7) is 0. The highest BCUT2D eigenvalue weighted by molar-refractivity contribution is 6.23. The maximum Gasteiger partial charge on any atom is 0.143 e. The largest absolute Gasteiger partial charge is 0.455 e. The molecule has 52 heavy (non-hydrogen) atoms. The summed E-state index contributed by atoms with van der Waals surface area (Å²) in [5, 5.41) is 6.81. The highest BCUT2D eigenvalue weighted by Gasteiger charge is 2.24. The topological polar surface area (TPSA) is 16.4 Å². The van der Waals surface area contributed by atoms with Crippen molar-refractivity contribution in [1.82, 2.24) is 0 Å². The first-order valence-electron chi connectivity index (χ1n) is 17.8. The lowest BCUT2D eigenvalue weighted by Gasteiger charge is -2.30. The van der Waals surface area contributed by atoms with Gasteiger partial charge in [0.25, 0.3) is 0 Å². The standard InChI is InChI=1S/C50H33NO/c1-3-15-34(16-4-1)35-29-31-38(32-30-35)40-22-11-12-26-45(40)51(46-27-13-20-36-19-7-8-21-39(36)46)47-33-44-49-41(37-17-5-2-6-18-37)25-14-28-48(49)52-50(44)43-24-10-9-23-42(43)47/h1-33H. The Balaban J connectivity index is 1.28. The second-order valence-corrected chi connectivity index (χ2v) is 13.3. The van der Waals surface area contributed by atoms with Gasteiger partial charge in [0.15, 0.2) is 0 Å². The molecule has 0 spiro atoms. The minimum Gasteiger partial charge on any atom is -0.455 e. The van der Waals surface area contributed by atoms with Crippen molar-refractivity contribution in [3.63, 3.8) is 0 Å². The smallest absolute Gasteiger partial charge is 0.143 e. The van der Waals surface area contributed by atoms with Gasteiger partial charge < -0.3 is 9.32 Å². The third-order valence-corrected chi connectivity index (χ3v) is 10.3. The van der Waals surface area contributed by atoms with E-state index in [1.165, 1.54) is 27.5 Å². The fourth-order valence-electron chi connectivity index (χ4n) is 7.85. The first-order valence-corrected chi connectivity index (χ1v) is 17.8. The molecule has 0 aliphatic carbocycles. The van der Waals surface area contributed by atoms with Gasteiger partial charge in [-0.3, -0.25) is 0 Å². The zero-order valence-corrected chi connectivity index (χ0v) is 28.4. The number of hydrogen-bond acceptors (Lipinski definition) is 2. The second kappa shape index (κ2) is 12.5. The van der Waals surface area contributed by atoms with Crippen LogP contribution in [0, 0.1) is 0 Å². The number of anilines is 3. The number of para-hydroxylation sites is 1. The predicted molar refractivity (Wildman–Crippen MR) is 220 cm³/mol. The van der Waals surface area contributed by atoms with Crippen molar-refractivity contribution in [3.05, 3.63) is 200 Å². The summed E-state index contributed by atoms with van der Waals surface area (Å²) >= 11 is 0. The van der Waals surface area contributed by atoms with Crippen LogP contribution < -0.4 is 4.90 Å². The van der Waals surface area contributed by atoms with E-state index < -0.39 is 0 Å². The molecule has 9 aromatic carbocycles. The van der Waals surface area contributed by atoms with Crippen LogP contribution in [0.15, 0.2) is 205 Å². The van der Waals surface area contributed by atoms with Gasteiger partial charge in [-0.2, -0.15) is 0 Å². The van der Waals surface area contributed by atoms with E-state index in [4.69, 9.17) is 4.42 Å². The summed E-state index contributed by atoms with van der Waals surface area (Å²) in [7, 11) is 0. The molecule has 0 aliphatic heterocycles. The number of furan rings is 1. The van der Waals surface area contributed by atoms with Crippen molar-refractivity contribution >= 4 is 60.5 Å². The van der Waals surface area contributed by atoms with Crippen molar-refractivity contribution in [3.8, 4) is 33.4 Å². The van der Waals surface area contributed by atoms with E-state index in [2.05, 4.69) is 205 Å². The molecule has 0 saturated heterocycles. The quantitative estimate of drug-likeness (QED) is 0.176. The Bertz CT molecular complexity index is 2880. The highest BCUT2D eigenvalue weighted by atomic mass is 16.3. The van der Waals surface area contributed by atoms with E-state index in [1.54, 1.807) is 0 Å². The molecule has 2 nitrogen and oxygen atoms in total. The molecule has 1 heterocycles. The molecule has 0 N–H and O–H groups in total. The zero-order chi connectivity index (χ0) is 34.4. The maximum atomic E-state index is 6.77. The van der Waals surface area contributed by atoms with Crippen LogP contribution in [0.4, 0.5) is 17.1 Å². The number of hydrogen-bond donors (Lipinski definition) is 0. The van der Waals surface area contributed by atoms with Gasteiger partial charge in [-0.05, 0) is 57.5 Å². The number of benzene rings is 9. The van der Waals surface area contributed by atoms with Crippen molar-refractivity contribution in [1.29, 1.82) is 0 Å². The van der Waals surface area contributed by atoms with Crippen LogP contribution in [0.2, 0.25) is 0 Å². The average molecular weight is 664 g/mol. The zero-order valence-electron chi connectivity index (χ0n) is 28.4. The first kappa shape index (κ1) is 30.0. The van der Waals surface area contributed by atoms with Gasteiger partial charge in [0.1, 0.15) is 11.2 Å². The Morgan fingerprint density at radius 2 is 0.865 bits per heavy atom. The van der Waals surface area contributed by atoms with E-state index in [0.717, 1.165) is 66.5 Å².